The van der Waals surface area contributed by atoms with Crippen LogP contribution >= 0.6 is 39.7 Å². The summed E-state index contributed by atoms with van der Waals surface area (Å²) < 4.78 is 20.8. The quantitative estimate of drug-likeness (QED) is 0.164. The van der Waals surface area contributed by atoms with Gasteiger partial charge in [0.15, 0.2) is 5.75 Å². The second kappa shape index (κ2) is 14.2. The molecule has 1 fully saturated rings. The summed E-state index contributed by atoms with van der Waals surface area (Å²) in [5.74, 6) is 3.32. The molecule has 1 aliphatic rings. The summed E-state index contributed by atoms with van der Waals surface area (Å²) in [6, 6.07) is 32.7. The third kappa shape index (κ3) is 7.61. The Balaban J connectivity index is 0.00000337. The lowest BCUT2D eigenvalue weighted by Crippen LogP contribution is -2.44. The van der Waals surface area contributed by atoms with Crippen LogP contribution in [0.25, 0.3) is 20.5 Å². The van der Waals surface area contributed by atoms with Gasteiger partial charge in [0.2, 0.25) is 0 Å². The fourth-order valence-electron chi connectivity index (χ4n) is 4.73. The van der Waals surface area contributed by atoms with Crippen molar-refractivity contribution in [1.82, 2.24) is 10.2 Å². The fourth-order valence-corrected chi connectivity index (χ4v) is 6.15. The molecular weight excluding hydrogens is 620 g/mol. The maximum atomic E-state index is 6.56. The van der Waals surface area contributed by atoms with E-state index in [9.17, 15) is 0 Å². The molecule has 1 saturated heterocycles. The van der Waals surface area contributed by atoms with E-state index in [2.05, 4.69) is 74.7 Å². The number of nitrogens with zero attached hydrogens (tertiary/aromatic N) is 1. The molecule has 8 heteroatoms. The predicted octanol–water partition coefficient (Wildman–Crippen LogP) is 8.41. The number of ether oxygens (including phenoxy) is 3. The van der Waals surface area contributed by atoms with E-state index in [1.165, 1.54) is 0 Å². The fraction of sp³-hybridized carbons (Fsp3) is 0.212. The number of fused-ring (bicyclic) bond motifs is 1. The molecule has 0 amide bonds. The first-order valence-electron chi connectivity index (χ1n) is 13.5. The van der Waals surface area contributed by atoms with Crippen LogP contribution in [0.4, 0.5) is 0 Å². The molecule has 2 heterocycles. The van der Waals surface area contributed by atoms with E-state index in [1.54, 1.807) is 11.3 Å². The number of nitrogens with one attached hydrogen (secondary N) is 1. The Labute approximate surface area is 259 Å². The van der Waals surface area contributed by atoms with Gasteiger partial charge in [-0.25, -0.2) is 0 Å². The zero-order chi connectivity index (χ0) is 27.1. The van der Waals surface area contributed by atoms with Crippen LogP contribution in [0.15, 0.2) is 102 Å². The molecule has 1 aliphatic heterocycles. The van der Waals surface area contributed by atoms with Crippen molar-refractivity contribution in [2.24, 2.45) is 0 Å². The molecular formula is C33H32BrClN2O3S. The van der Waals surface area contributed by atoms with Gasteiger partial charge in [-0.1, -0.05) is 58.4 Å². The van der Waals surface area contributed by atoms with Crippen molar-refractivity contribution in [1.29, 1.82) is 0 Å². The van der Waals surface area contributed by atoms with Crippen LogP contribution in [0.1, 0.15) is 5.56 Å². The summed E-state index contributed by atoms with van der Waals surface area (Å²) in [4.78, 5) is 3.51. The molecule has 1 aromatic heterocycles. The Morgan fingerprint density at radius 2 is 1.49 bits per heavy atom. The smallest absolute Gasteiger partial charge is 0.153 e. The third-order valence-corrected chi connectivity index (χ3v) is 8.61. The molecule has 1 N–H and O–H groups in total. The summed E-state index contributed by atoms with van der Waals surface area (Å²) in [6.07, 6.45) is 0. The number of hydrogen-bond acceptors (Lipinski definition) is 6. The molecule has 5 aromatic rings. The van der Waals surface area contributed by atoms with Crippen molar-refractivity contribution < 1.29 is 14.2 Å². The first-order chi connectivity index (χ1) is 19.7. The summed E-state index contributed by atoms with van der Waals surface area (Å²) in [7, 11) is 0. The zero-order valence-electron chi connectivity index (χ0n) is 22.6. The number of piperazine rings is 1. The molecule has 4 aromatic carbocycles. The van der Waals surface area contributed by atoms with E-state index in [0.29, 0.717) is 13.2 Å². The van der Waals surface area contributed by atoms with Gasteiger partial charge in [0.1, 0.15) is 30.5 Å². The topological polar surface area (TPSA) is 43.0 Å². The van der Waals surface area contributed by atoms with Crippen LogP contribution in [0.5, 0.6) is 23.0 Å². The molecule has 0 saturated carbocycles. The number of hydrogen-bond donors (Lipinski definition) is 1. The predicted molar refractivity (Wildman–Crippen MR) is 174 cm³/mol. The van der Waals surface area contributed by atoms with Gasteiger partial charge >= 0.3 is 0 Å². The molecule has 0 bridgehead atoms. The number of rotatable bonds is 10. The van der Waals surface area contributed by atoms with E-state index >= 15 is 0 Å². The van der Waals surface area contributed by atoms with E-state index in [-0.39, 0.29) is 12.4 Å². The lowest BCUT2D eigenvalue weighted by Gasteiger charge is -2.26. The Hall–Kier alpha value is -3.07. The molecule has 0 unspecified atom stereocenters. The van der Waals surface area contributed by atoms with Crippen LogP contribution in [-0.4, -0.2) is 44.2 Å². The molecule has 0 radical (unpaired) electrons. The zero-order valence-corrected chi connectivity index (χ0v) is 25.8. The Kier molecular flexibility index (Phi) is 10.2. The molecule has 0 aliphatic carbocycles. The third-order valence-electron chi connectivity index (χ3n) is 6.90. The second-order valence-corrected chi connectivity index (χ2v) is 11.7. The van der Waals surface area contributed by atoms with Crippen molar-refractivity contribution in [2.75, 3.05) is 39.3 Å². The van der Waals surface area contributed by atoms with Crippen LogP contribution in [0, 0.1) is 0 Å². The van der Waals surface area contributed by atoms with E-state index in [0.717, 1.165) is 86.3 Å². The highest BCUT2D eigenvalue weighted by Gasteiger charge is 2.18. The minimum atomic E-state index is 0. The van der Waals surface area contributed by atoms with Crippen molar-refractivity contribution in [2.45, 2.75) is 6.61 Å². The Morgan fingerprint density at radius 1 is 0.780 bits per heavy atom. The lowest BCUT2D eigenvalue weighted by molar-refractivity contribution is 0.191. The van der Waals surface area contributed by atoms with E-state index in [4.69, 9.17) is 14.2 Å². The van der Waals surface area contributed by atoms with Gasteiger partial charge in [-0.15, -0.1) is 23.7 Å². The highest BCUT2D eigenvalue weighted by Crippen LogP contribution is 2.47. The number of benzene rings is 4. The highest BCUT2D eigenvalue weighted by atomic mass is 79.9. The first-order valence-corrected chi connectivity index (χ1v) is 15.2. The molecule has 0 spiro atoms. The summed E-state index contributed by atoms with van der Waals surface area (Å²) in [5, 5.41) is 4.45. The van der Waals surface area contributed by atoms with Crippen molar-refractivity contribution in [3.63, 3.8) is 0 Å². The Bertz CT molecular complexity index is 1540. The van der Waals surface area contributed by atoms with Crippen LogP contribution in [0.3, 0.4) is 0 Å². The van der Waals surface area contributed by atoms with Crippen LogP contribution < -0.4 is 19.5 Å². The summed E-state index contributed by atoms with van der Waals surface area (Å²) in [5.41, 5.74) is 2.25. The standard InChI is InChI=1S/C33H31BrN2O3S.ClH/c34-26-8-6-25(7-9-26)33-32(30-15-14-29(22-31(30)40-33)38-23-24-4-2-1-3-5-24)39-28-12-10-27(11-13-28)37-21-20-36-18-16-35-17-19-36;/h1-15,22,35H,16-21,23H2;1H. The minimum absolute atomic E-state index is 0. The largest absolute Gasteiger partial charge is 0.492 e. The molecule has 0 atom stereocenters. The number of halogens is 2. The van der Waals surface area contributed by atoms with Gasteiger partial charge in [0.05, 0.1) is 4.88 Å². The molecule has 212 valence electrons. The minimum Gasteiger partial charge on any atom is -0.492 e. The molecule has 6 rings (SSSR count). The second-order valence-electron chi connectivity index (χ2n) is 9.71. The average Bonchev–Trinajstić information content (AvgIpc) is 3.35. The van der Waals surface area contributed by atoms with Gasteiger partial charge in [0, 0.05) is 47.3 Å². The van der Waals surface area contributed by atoms with Crippen molar-refractivity contribution in [3.8, 4) is 33.4 Å². The molecule has 5 nitrogen and oxygen atoms in total. The van der Waals surface area contributed by atoms with E-state index < -0.39 is 0 Å². The SMILES string of the molecule is Brc1ccc(-c2sc3cc(OCc4ccccc4)ccc3c2Oc2ccc(OCCN3CCNCC3)cc2)cc1.Cl. The highest BCUT2D eigenvalue weighted by molar-refractivity contribution is 9.10. The van der Waals surface area contributed by atoms with Crippen LogP contribution in [-0.2, 0) is 6.61 Å². The van der Waals surface area contributed by atoms with Crippen molar-refractivity contribution >= 4 is 49.8 Å². The summed E-state index contributed by atoms with van der Waals surface area (Å²) >= 11 is 5.27. The average molecular weight is 652 g/mol. The van der Waals surface area contributed by atoms with Crippen molar-refractivity contribution in [3.05, 3.63) is 107 Å². The van der Waals surface area contributed by atoms with Gasteiger partial charge in [-0.05, 0) is 65.7 Å². The van der Waals surface area contributed by atoms with Gasteiger partial charge < -0.3 is 19.5 Å². The van der Waals surface area contributed by atoms with Gasteiger partial charge in [0.25, 0.3) is 0 Å². The Morgan fingerprint density at radius 3 is 2.24 bits per heavy atom. The number of thiophene rings is 1. The maximum absolute atomic E-state index is 6.56. The van der Waals surface area contributed by atoms with Gasteiger partial charge in [-0.2, -0.15) is 0 Å². The normalized spacial score (nSPS) is 13.5. The molecule has 41 heavy (non-hydrogen) atoms. The summed E-state index contributed by atoms with van der Waals surface area (Å²) in [6.45, 7) is 6.40. The monoisotopic (exact) mass is 650 g/mol. The van der Waals surface area contributed by atoms with E-state index in [1.807, 2.05) is 48.5 Å². The van der Waals surface area contributed by atoms with Gasteiger partial charge in [-0.3, -0.25) is 4.90 Å². The lowest BCUT2D eigenvalue weighted by atomic mass is 10.1. The maximum Gasteiger partial charge on any atom is 0.153 e. The first kappa shape index (κ1) is 29.4. The van der Waals surface area contributed by atoms with Crippen LogP contribution in [0.2, 0.25) is 0 Å².